The number of nitrogens with one attached hydrogen (secondary N) is 1. The van der Waals surface area contributed by atoms with Gasteiger partial charge in [0.2, 0.25) is 0 Å². The van der Waals surface area contributed by atoms with Crippen LogP contribution >= 0.6 is 23.2 Å². The molecule has 0 saturated heterocycles. The number of nitrogens with zero attached hydrogens (tertiary/aromatic N) is 4. The van der Waals surface area contributed by atoms with Gasteiger partial charge in [-0.3, -0.25) is 0 Å². The highest BCUT2D eigenvalue weighted by Gasteiger charge is 2.27. The van der Waals surface area contributed by atoms with E-state index in [1.54, 1.807) is 0 Å². The second-order valence-corrected chi connectivity index (χ2v) is 5.50. The summed E-state index contributed by atoms with van der Waals surface area (Å²) in [6.07, 6.45) is 2.31. The first-order valence-corrected chi connectivity index (χ1v) is 6.87. The van der Waals surface area contributed by atoms with Crippen LogP contribution in [0.1, 0.15) is 30.3 Å². The summed E-state index contributed by atoms with van der Waals surface area (Å²) in [5.41, 5.74) is 1.75. The number of hydrogen-bond donors (Lipinski definition) is 1. The summed E-state index contributed by atoms with van der Waals surface area (Å²) >= 11 is 12.2. The van der Waals surface area contributed by atoms with E-state index < -0.39 is 0 Å². The van der Waals surface area contributed by atoms with Crippen LogP contribution < -0.4 is 5.32 Å². The van der Waals surface area contributed by atoms with Gasteiger partial charge >= 0.3 is 0 Å². The zero-order valence-electron chi connectivity index (χ0n) is 10.4. The molecule has 1 aromatic carbocycles. The first-order valence-electron chi connectivity index (χ1n) is 6.11. The lowest BCUT2D eigenvalue weighted by Gasteiger charge is -2.09. The molecule has 7 heteroatoms. The van der Waals surface area contributed by atoms with E-state index in [2.05, 4.69) is 20.8 Å². The maximum absolute atomic E-state index is 6.10. The average molecular weight is 298 g/mol. The Hall–Kier alpha value is -1.33. The minimum absolute atomic E-state index is 0.469. The van der Waals surface area contributed by atoms with Crippen LogP contribution in [0.4, 0.5) is 5.69 Å². The summed E-state index contributed by atoms with van der Waals surface area (Å²) in [4.78, 5) is 0. The predicted molar refractivity (Wildman–Crippen MR) is 74.6 cm³/mol. The summed E-state index contributed by atoms with van der Waals surface area (Å²) in [7, 11) is 0. The molecule has 0 radical (unpaired) electrons. The molecule has 1 aliphatic carbocycles. The minimum atomic E-state index is 0.469. The molecule has 0 unspecified atom stereocenters. The summed E-state index contributed by atoms with van der Waals surface area (Å²) in [6.45, 7) is 2.45. The van der Waals surface area contributed by atoms with Gasteiger partial charge in [0.1, 0.15) is 0 Å². The third kappa shape index (κ3) is 2.67. The van der Waals surface area contributed by atoms with Crippen LogP contribution in [0, 0.1) is 6.92 Å². The van der Waals surface area contributed by atoms with Gasteiger partial charge in [-0.25, -0.2) is 4.68 Å². The molecule has 0 aliphatic heterocycles. The van der Waals surface area contributed by atoms with Crippen molar-refractivity contribution in [3.63, 3.8) is 0 Å². The summed E-state index contributed by atoms with van der Waals surface area (Å²) < 4.78 is 1.88. The third-order valence-corrected chi connectivity index (χ3v) is 3.97. The van der Waals surface area contributed by atoms with Gasteiger partial charge in [0, 0.05) is 15.7 Å². The molecule has 1 aromatic heterocycles. The monoisotopic (exact) mass is 297 g/mol. The van der Waals surface area contributed by atoms with Gasteiger partial charge < -0.3 is 5.32 Å². The van der Waals surface area contributed by atoms with Crippen LogP contribution in [0.25, 0.3) is 0 Å². The van der Waals surface area contributed by atoms with Gasteiger partial charge in [-0.15, -0.1) is 5.10 Å². The van der Waals surface area contributed by atoms with E-state index in [0.29, 0.717) is 22.6 Å². The van der Waals surface area contributed by atoms with Gasteiger partial charge in [-0.2, -0.15) is 0 Å². The Morgan fingerprint density at radius 2 is 2.00 bits per heavy atom. The van der Waals surface area contributed by atoms with Crippen molar-refractivity contribution in [2.24, 2.45) is 0 Å². The van der Waals surface area contributed by atoms with Crippen LogP contribution in [0.5, 0.6) is 0 Å². The normalized spacial score (nSPS) is 14.7. The lowest BCUT2D eigenvalue weighted by molar-refractivity contribution is 0.586. The molecule has 1 aliphatic rings. The van der Waals surface area contributed by atoms with E-state index in [1.165, 1.54) is 0 Å². The minimum Gasteiger partial charge on any atom is -0.378 e. The summed E-state index contributed by atoms with van der Waals surface area (Å²) in [6, 6.07) is 4.18. The fraction of sp³-hybridized carbons (Fsp3) is 0.417. The molecular weight excluding hydrogens is 285 g/mol. The Bertz CT molecular complexity index is 583. The van der Waals surface area contributed by atoms with Gasteiger partial charge in [0.05, 0.1) is 12.6 Å². The number of tetrazole rings is 1. The van der Waals surface area contributed by atoms with Crippen LogP contribution in [-0.2, 0) is 6.54 Å². The van der Waals surface area contributed by atoms with Crippen molar-refractivity contribution >= 4 is 28.9 Å². The van der Waals surface area contributed by atoms with Crippen molar-refractivity contribution in [1.29, 1.82) is 0 Å². The Morgan fingerprint density at radius 1 is 1.32 bits per heavy atom. The fourth-order valence-corrected chi connectivity index (χ4v) is 2.35. The Morgan fingerprint density at radius 3 is 2.63 bits per heavy atom. The number of rotatable bonds is 4. The molecule has 3 rings (SSSR count). The number of halogens is 2. The molecule has 100 valence electrons. The Labute approximate surface area is 120 Å². The molecule has 1 saturated carbocycles. The highest BCUT2D eigenvalue weighted by Crippen LogP contribution is 2.34. The molecule has 0 atom stereocenters. The van der Waals surface area contributed by atoms with E-state index in [-0.39, 0.29) is 0 Å². The van der Waals surface area contributed by atoms with Crippen molar-refractivity contribution in [3.8, 4) is 0 Å². The van der Waals surface area contributed by atoms with Gasteiger partial charge in [-0.05, 0) is 47.9 Å². The molecule has 1 fully saturated rings. The standard InChI is InChI=1S/C12H13Cl2N5/c1-7-10(13)4-8(5-11(7)14)15-6-12-16-17-18-19(12)9-2-3-9/h4-5,9,15H,2-3,6H2,1H3. The predicted octanol–water partition coefficient (Wildman–Crippen LogP) is 3.24. The number of hydrogen-bond acceptors (Lipinski definition) is 4. The largest absolute Gasteiger partial charge is 0.378 e. The lowest BCUT2D eigenvalue weighted by atomic mass is 10.2. The fourth-order valence-electron chi connectivity index (χ4n) is 1.86. The molecule has 0 spiro atoms. The van der Waals surface area contributed by atoms with Crippen molar-refractivity contribution in [1.82, 2.24) is 20.2 Å². The topological polar surface area (TPSA) is 55.6 Å². The molecule has 2 aromatic rings. The van der Waals surface area contributed by atoms with E-state index in [9.17, 15) is 0 Å². The smallest absolute Gasteiger partial charge is 0.170 e. The van der Waals surface area contributed by atoms with E-state index >= 15 is 0 Å². The number of benzene rings is 1. The number of aromatic nitrogens is 4. The average Bonchev–Trinajstić information content (AvgIpc) is 3.12. The molecular formula is C12H13Cl2N5. The van der Waals surface area contributed by atoms with Gasteiger partial charge in [-0.1, -0.05) is 23.2 Å². The van der Waals surface area contributed by atoms with Crippen LogP contribution in [0.2, 0.25) is 10.0 Å². The van der Waals surface area contributed by atoms with Gasteiger partial charge in [0.25, 0.3) is 0 Å². The maximum atomic E-state index is 6.10. The van der Waals surface area contributed by atoms with Crippen molar-refractivity contribution in [3.05, 3.63) is 33.6 Å². The molecule has 0 amide bonds. The zero-order valence-corrected chi connectivity index (χ0v) is 11.9. The highest BCUT2D eigenvalue weighted by atomic mass is 35.5. The van der Waals surface area contributed by atoms with E-state index in [4.69, 9.17) is 23.2 Å². The highest BCUT2D eigenvalue weighted by molar-refractivity contribution is 6.36. The molecule has 1 N–H and O–H groups in total. The second kappa shape index (κ2) is 4.98. The Kier molecular flexibility index (Phi) is 3.33. The van der Waals surface area contributed by atoms with E-state index in [1.807, 2.05) is 23.7 Å². The molecule has 0 bridgehead atoms. The van der Waals surface area contributed by atoms with Crippen molar-refractivity contribution < 1.29 is 0 Å². The van der Waals surface area contributed by atoms with Gasteiger partial charge in [0.15, 0.2) is 5.82 Å². The third-order valence-electron chi connectivity index (χ3n) is 3.19. The second-order valence-electron chi connectivity index (χ2n) is 4.69. The lowest BCUT2D eigenvalue weighted by Crippen LogP contribution is -2.09. The van der Waals surface area contributed by atoms with Crippen molar-refractivity contribution in [2.75, 3.05) is 5.32 Å². The quantitative estimate of drug-likeness (QED) is 0.941. The molecule has 5 nitrogen and oxygen atoms in total. The number of anilines is 1. The zero-order chi connectivity index (χ0) is 13.4. The van der Waals surface area contributed by atoms with E-state index in [0.717, 1.165) is 29.9 Å². The van der Waals surface area contributed by atoms with Crippen LogP contribution in [-0.4, -0.2) is 20.2 Å². The molecule has 19 heavy (non-hydrogen) atoms. The van der Waals surface area contributed by atoms with Crippen LogP contribution in [0.3, 0.4) is 0 Å². The van der Waals surface area contributed by atoms with Crippen molar-refractivity contribution in [2.45, 2.75) is 32.4 Å². The van der Waals surface area contributed by atoms with Crippen LogP contribution in [0.15, 0.2) is 12.1 Å². The summed E-state index contributed by atoms with van der Waals surface area (Å²) in [5, 5.41) is 16.3. The summed E-state index contributed by atoms with van der Waals surface area (Å²) in [5.74, 6) is 0.829. The first-order chi connectivity index (χ1) is 9.15. The Balaban J connectivity index is 1.73. The molecule has 1 heterocycles. The SMILES string of the molecule is Cc1c(Cl)cc(NCc2nnnn2C2CC2)cc1Cl. The first kappa shape index (κ1) is 12.7. The maximum Gasteiger partial charge on any atom is 0.170 e.